The quantitative estimate of drug-likeness (QED) is 0.615. The molecule has 1 fully saturated rings. The molecule has 1 aromatic rings. The van der Waals surface area contributed by atoms with Gasteiger partial charge in [0.1, 0.15) is 5.69 Å². The van der Waals surface area contributed by atoms with Crippen molar-refractivity contribution in [3.63, 3.8) is 0 Å². The van der Waals surface area contributed by atoms with E-state index in [9.17, 15) is 18.5 Å². The molecule has 0 saturated heterocycles. The number of rotatable bonds is 6. The van der Waals surface area contributed by atoms with Crippen molar-refractivity contribution in [2.75, 3.05) is 11.9 Å². The number of hydrogen-bond donors (Lipinski definition) is 2. The van der Waals surface area contributed by atoms with Crippen LogP contribution in [0.3, 0.4) is 0 Å². The van der Waals surface area contributed by atoms with Crippen LogP contribution in [0.25, 0.3) is 0 Å². The first-order valence-corrected chi connectivity index (χ1v) is 8.97. The molecule has 0 heterocycles. The molecule has 1 aromatic carbocycles. The minimum atomic E-state index is -3.95. The number of nitrogens with one attached hydrogen (secondary N) is 1. The molecule has 122 valence electrons. The Balaban J connectivity index is 2.05. The zero-order valence-corrected chi connectivity index (χ0v) is 13.1. The Bertz CT molecular complexity index is 639. The summed E-state index contributed by atoms with van der Waals surface area (Å²) in [5.41, 5.74) is 0.0587. The molecule has 0 spiro atoms. The predicted octanol–water partition coefficient (Wildman–Crippen LogP) is 2.62. The van der Waals surface area contributed by atoms with Gasteiger partial charge in [-0.2, -0.15) is 0 Å². The lowest BCUT2D eigenvalue weighted by Gasteiger charge is -2.21. The summed E-state index contributed by atoms with van der Waals surface area (Å²) in [4.78, 5) is 10.2. The summed E-state index contributed by atoms with van der Waals surface area (Å²) in [6, 6.07) is 3.68. The van der Waals surface area contributed by atoms with Crippen LogP contribution in [-0.2, 0) is 10.0 Å². The van der Waals surface area contributed by atoms with Gasteiger partial charge in [-0.25, -0.2) is 13.6 Å². The van der Waals surface area contributed by atoms with Gasteiger partial charge in [-0.3, -0.25) is 10.1 Å². The fourth-order valence-electron chi connectivity index (χ4n) is 2.88. The molecule has 2 rings (SSSR count). The van der Waals surface area contributed by atoms with E-state index in [2.05, 4.69) is 5.32 Å². The third-order valence-electron chi connectivity index (χ3n) is 4.09. The van der Waals surface area contributed by atoms with E-state index in [1.165, 1.54) is 44.2 Å². The van der Waals surface area contributed by atoms with Gasteiger partial charge in [-0.15, -0.1) is 0 Å². The van der Waals surface area contributed by atoms with Crippen LogP contribution >= 0.6 is 0 Å². The zero-order chi connectivity index (χ0) is 16.2. The second-order valence-electron chi connectivity index (χ2n) is 5.70. The molecule has 8 heteroatoms. The molecule has 7 nitrogen and oxygen atoms in total. The Kier molecular flexibility index (Phi) is 5.36. The van der Waals surface area contributed by atoms with Gasteiger partial charge < -0.3 is 5.32 Å². The second-order valence-corrected chi connectivity index (χ2v) is 7.26. The maximum absolute atomic E-state index is 11.3. The fraction of sp³-hybridized carbons (Fsp3) is 0.571. The van der Waals surface area contributed by atoms with Gasteiger partial charge >= 0.3 is 0 Å². The molecule has 1 aliphatic rings. The van der Waals surface area contributed by atoms with Gasteiger partial charge in [0, 0.05) is 12.6 Å². The van der Waals surface area contributed by atoms with Crippen molar-refractivity contribution >= 4 is 21.4 Å². The van der Waals surface area contributed by atoms with E-state index in [1.54, 1.807) is 0 Å². The van der Waals surface area contributed by atoms with Crippen LogP contribution < -0.4 is 10.5 Å². The monoisotopic (exact) mass is 327 g/mol. The summed E-state index contributed by atoms with van der Waals surface area (Å²) in [7, 11) is -3.95. The van der Waals surface area contributed by atoms with Crippen LogP contribution in [0.2, 0.25) is 0 Å². The predicted molar refractivity (Wildman–Crippen MR) is 84.2 cm³/mol. The zero-order valence-electron chi connectivity index (χ0n) is 12.3. The number of hydrogen-bond acceptors (Lipinski definition) is 5. The van der Waals surface area contributed by atoms with E-state index in [0.717, 1.165) is 12.5 Å². The lowest BCUT2D eigenvalue weighted by atomic mass is 9.87. The largest absolute Gasteiger partial charge is 0.379 e. The average Bonchev–Trinajstić information content (AvgIpc) is 2.47. The first-order valence-electron chi connectivity index (χ1n) is 7.43. The maximum atomic E-state index is 11.3. The summed E-state index contributed by atoms with van der Waals surface area (Å²) >= 11 is 0. The standard InChI is InChI=1S/C14H21N3O4S/c15-22(20,21)12-6-7-13(14(10-12)17(18)19)16-9-8-11-4-2-1-3-5-11/h6-7,10-11,16H,1-5,8-9H2,(H2,15,20,21). The Hall–Kier alpha value is -1.67. The Morgan fingerprint density at radius 2 is 1.95 bits per heavy atom. The topological polar surface area (TPSA) is 115 Å². The SMILES string of the molecule is NS(=O)(=O)c1ccc(NCCC2CCCCC2)c([N+](=O)[O-])c1. The first-order chi connectivity index (χ1) is 10.4. The van der Waals surface area contributed by atoms with Crippen molar-refractivity contribution in [3.8, 4) is 0 Å². The number of benzene rings is 1. The van der Waals surface area contributed by atoms with Crippen LogP contribution in [0.4, 0.5) is 11.4 Å². The Labute approximate surface area is 130 Å². The first kappa shape index (κ1) is 16.7. The molecule has 0 aliphatic heterocycles. The smallest absolute Gasteiger partial charge is 0.293 e. The number of primary sulfonamides is 1. The van der Waals surface area contributed by atoms with Crippen molar-refractivity contribution < 1.29 is 13.3 Å². The van der Waals surface area contributed by atoms with Gasteiger partial charge in [-0.1, -0.05) is 32.1 Å². The van der Waals surface area contributed by atoms with Gasteiger partial charge in [0.15, 0.2) is 0 Å². The van der Waals surface area contributed by atoms with Gasteiger partial charge in [0.2, 0.25) is 10.0 Å². The van der Waals surface area contributed by atoms with E-state index in [4.69, 9.17) is 5.14 Å². The van der Waals surface area contributed by atoms with E-state index in [0.29, 0.717) is 18.2 Å². The lowest BCUT2D eigenvalue weighted by Crippen LogP contribution is -2.14. The highest BCUT2D eigenvalue weighted by atomic mass is 32.2. The van der Waals surface area contributed by atoms with Gasteiger partial charge in [0.05, 0.1) is 9.82 Å². The third kappa shape index (κ3) is 4.41. The van der Waals surface area contributed by atoms with Crippen LogP contribution in [0.15, 0.2) is 23.1 Å². The summed E-state index contributed by atoms with van der Waals surface area (Å²) in [6.45, 7) is 0.639. The molecule has 0 unspecified atom stereocenters. The number of nitro benzene ring substituents is 1. The van der Waals surface area contributed by atoms with Crippen LogP contribution in [0, 0.1) is 16.0 Å². The molecule has 22 heavy (non-hydrogen) atoms. The fourth-order valence-corrected chi connectivity index (χ4v) is 3.41. The number of anilines is 1. The minimum absolute atomic E-state index is 0.253. The van der Waals surface area contributed by atoms with Crippen LogP contribution in [-0.4, -0.2) is 19.9 Å². The third-order valence-corrected chi connectivity index (χ3v) is 5.00. The number of nitrogens with two attached hydrogens (primary N) is 1. The van der Waals surface area contributed by atoms with Crippen molar-refractivity contribution in [2.45, 2.75) is 43.4 Å². The minimum Gasteiger partial charge on any atom is -0.379 e. The number of nitro groups is 1. The van der Waals surface area contributed by atoms with Crippen molar-refractivity contribution in [3.05, 3.63) is 28.3 Å². The van der Waals surface area contributed by atoms with Crippen molar-refractivity contribution in [2.24, 2.45) is 11.1 Å². The normalized spacial score (nSPS) is 16.4. The molecule has 0 bridgehead atoms. The van der Waals surface area contributed by atoms with Crippen molar-refractivity contribution in [1.29, 1.82) is 0 Å². The van der Waals surface area contributed by atoms with E-state index in [-0.39, 0.29) is 10.6 Å². The summed E-state index contributed by atoms with van der Waals surface area (Å²) in [5.74, 6) is 0.670. The molecule has 0 radical (unpaired) electrons. The van der Waals surface area contributed by atoms with Crippen LogP contribution in [0.1, 0.15) is 38.5 Å². The Morgan fingerprint density at radius 1 is 1.27 bits per heavy atom. The summed E-state index contributed by atoms with van der Waals surface area (Å²) in [5, 5.41) is 19.1. The van der Waals surface area contributed by atoms with E-state index >= 15 is 0 Å². The highest BCUT2D eigenvalue weighted by molar-refractivity contribution is 7.89. The van der Waals surface area contributed by atoms with Gasteiger partial charge in [0.25, 0.3) is 5.69 Å². The van der Waals surface area contributed by atoms with Crippen LogP contribution in [0.5, 0.6) is 0 Å². The molecule has 1 saturated carbocycles. The Morgan fingerprint density at radius 3 is 2.55 bits per heavy atom. The molecule has 0 aromatic heterocycles. The van der Waals surface area contributed by atoms with E-state index < -0.39 is 14.9 Å². The molecular formula is C14H21N3O4S. The van der Waals surface area contributed by atoms with Gasteiger partial charge in [-0.05, 0) is 24.5 Å². The molecule has 0 atom stereocenters. The molecule has 3 N–H and O–H groups in total. The highest BCUT2D eigenvalue weighted by Crippen LogP contribution is 2.29. The lowest BCUT2D eigenvalue weighted by molar-refractivity contribution is -0.384. The molecule has 1 aliphatic carbocycles. The van der Waals surface area contributed by atoms with E-state index in [1.807, 2.05) is 0 Å². The summed E-state index contributed by atoms with van der Waals surface area (Å²) < 4.78 is 22.5. The maximum Gasteiger partial charge on any atom is 0.293 e. The average molecular weight is 327 g/mol. The molecule has 0 amide bonds. The number of nitrogens with zero attached hydrogens (tertiary/aromatic N) is 1. The number of sulfonamides is 1. The highest BCUT2D eigenvalue weighted by Gasteiger charge is 2.19. The summed E-state index contributed by atoms with van der Waals surface area (Å²) in [6.07, 6.45) is 7.21. The van der Waals surface area contributed by atoms with Crippen molar-refractivity contribution in [1.82, 2.24) is 0 Å². The molecular weight excluding hydrogens is 306 g/mol. The second kappa shape index (κ2) is 7.06.